The predicted molar refractivity (Wildman–Crippen MR) is 58.1 cm³/mol. The summed E-state index contributed by atoms with van der Waals surface area (Å²) in [5.74, 6) is -0.675. The summed E-state index contributed by atoms with van der Waals surface area (Å²) in [6, 6.07) is 0. The first-order valence-electron chi connectivity index (χ1n) is 5.36. The Labute approximate surface area is 116 Å². The van der Waals surface area contributed by atoms with E-state index in [0.717, 1.165) is 19.3 Å². The van der Waals surface area contributed by atoms with Gasteiger partial charge in [0.25, 0.3) is 0 Å². The maximum absolute atomic E-state index is 10.2. The maximum atomic E-state index is 10.2. The largest absolute Gasteiger partial charge is 2.00 e. The second-order valence-corrected chi connectivity index (χ2v) is 4.82. The zero-order valence-corrected chi connectivity index (χ0v) is 13.9. The first kappa shape index (κ1) is 22.2. The fourth-order valence-corrected chi connectivity index (χ4v) is 1.11. The number of carboxylic acids is 1. The van der Waals surface area contributed by atoms with Crippen molar-refractivity contribution in [3.8, 4) is 0 Å². The fraction of sp³-hybridized carbons (Fsp3) is 0.900. The fourth-order valence-electron chi connectivity index (χ4n) is 1.11. The Kier molecular flexibility index (Phi) is 16.3. The van der Waals surface area contributed by atoms with E-state index in [9.17, 15) is 4.79 Å². The Morgan fingerprint density at radius 2 is 1.59 bits per heavy atom. The monoisotopic (exact) mass is 296 g/mol. The topological polar surface area (TPSA) is 104 Å². The third-order valence-corrected chi connectivity index (χ3v) is 1.82. The molecule has 0 amide bonds. The van der Waals surface area contributed by atoms with E-state index in [1.807, 2.05) is 0 Å². The summed E-state index contributed by atoms with van der Waals surface area (Å²) in [6.45, 7) is 6.64. The van der Waals surface area contributed by atoms with Crippen LogP contribution in [-0.2, 0) is 24.3 Å². The van der Waals surface area contributed by atoms with Crippen molar-refractivity contribution in [2.45, 2.75) is 52.9 Å². The van der Waals surface area contributed by atoms with Gasteiger partial charge in [-0.1, -0.05) is 33.6 Å². The molecular formula is C10H21BO5Zn. The second-order valence-electron chi connectivity index (χ2n) is 4.82. The van der Waals surface area contributed by atoms with Crippen molar-refractivity contribution in [1.82, 2.24) is 0 Å². The van der Waals surface area contributed by atoms with Crippen molar-refractivity contribution in [1.29, 1.82) is 0 Å². The summed E-state index contributed by atoms with van der Waals surface area (Å²) < 4.78 is 0. The number of rotatable bonds is 5. The minimum Gasteiger partial charge on any atom is -0.871 e. The number of carbonyl (C=O) groups is 1. The summed E-state index contributed by atoms with van der Waals surface area (Å²) >= 11 is 0. The van der Waals surface area contributed by atoms with Crippen LogP contribution >= 0.6 is 0 Å². The molecule has 0 bridgehead atoms. The zero-order valence-electron chi connectivity index (χ0n) is 10.9. The molecule has 0 rings (SSSR count). The number of carboxylic acid groups (broad SMARTS) is 1. The van der Waals surface area contributed by atoms with Crippen LogP contribution in [0.25, 0.3) is 0 Å². The molecule has 0 spiro atoms. The quantitative estimate of drug-likeness (QED) is 0.538. The molecule has 0 aromatic heterocycles. The molecule has 0 saturated heterocycles. The van der Waals surface area contributed by atoms with Crippen molar-refractivity contribution in [3.05, 3.63) is 0 Å². The van der Waals surface area contributed by atoms with Crippen molar-refractivity contribution >= 4 is 13.3 Å². The number of hydrogen-bond acceptors (Lipinski definition) is 4. The van der Waals surface area contributed by atoms with E-state index < -0.39 is 13.3 Å². The Bertz CT molecular complexity index is 179. The van der Waals surface area contributed by atoms with E-state index in [0.29, 0.717) is 11.8 Å². The van der Waals surface area contributed by atoms with E-state index in [-0.39, 0.29) is 19.5 Å². The Morgan fingerprint density at radius 3 is 1.88 bits per heavy atom. The van der Waals surface area contributed by atoms with Gasteiger partial charge in [0.1, 0.15) is 0 Å². The molecule has 0 radical (unpaired) electrons. The van der Waals surface area contributed by atoms with Gasteiger partial charge in [0.2, 0.25) is 0 Å². The van der Waals surface area contributed by atoms with Gasteiger partial charge in [0, 0.05) is 6.42 Å². The second kappa shape index (κ2) is 12.5. The van der Waals surface area contributed by atoms with Crippen LogP contribution in [0.5, 0.6) is 0 Å². The first-order valence-corrected chi connectivity index (χ1v) is 5.36. The molecule has 0 aliphatic carbocycles. The smallest absolute Gasteiger partial charge is 0.871 e. The van der Waals surface area contributed by atoms with E-state index in [4.69, 9.17) is 20.2 Å². The molecule has 0 aromatic carbocycles. The number of hydrogen-bond donors (Lipinski definition) is 2. The van der Waals surface area contributed by atoms with Gasteiger partial charge >= 0.3 is 25.4 Å². The van der Waals surface area contributed by atoms with Crippen molar-refractivity contribution in [2.24, 2.45) is 5.41 Å². The molecule has 0 saturated carbocycles. The summed E-state index contributed by atoms with van der Waals surface area (Å²) in [7, 11) is -2.67. The van der Waals surface area contributed by atoms with Crippen LogP contribution < -0.4 is 10.0 Å². The van der Waals surface area contributed by atoms with Crippen LogP contribution in [0.1, 0.15) is 52.9 Å². The van der Waals surface area contributed by atoms with Gasteiger partial charge in [-0.25, -0.2) is 0 Å². The summed E-state index contributed by atoms with van der Waals surface area (Å²) in [5, 5.41) is 32.4. The van der Waals surface area contributed by atoms with E-state index in [1.165, 1.54) is 6.42 Å². The maximum Gasteiger partial charge on any atom is 2.00 e. The van der Waals surface area contributed by atoms with Gasteiger partial charge in [0.15, 0.2) is 0 Å². The van der Waals surface area contributed by atoms with Crippen molar-refractivity contribution in [2.75, 3.05) is 0 Å². The molecule has 5 nitrogen and oxygen atoms in total. The normalized spacial score (nSPS) is 9.76. The van der Waals surface area contributed by atoms with Gasteiger partial charge in [-0.15, -0.1) is 0 Å². The Balaban J connectivity index is -0.000000340. The van der Waals surface area contributed by atoms with Crippen molar-refractivity contribution < 1.29 is 44.5 Å². The van der Waals surface area contributed by atoms with Crippen LogP contribution in [0.2, 0.25) is 0 Å². The van der Waals surface area contributed by atoms with Crippen LogP contribution in [0.3, 0.4) is 0 Å². The molecule has 0 unspecified atom stereocenters. The molecule has 17 heavy (non-hydrogen) atoms. The zero-order chi connectivity index (χ0) is 13.2. The van der Waals surface area contributed by atoms with Gasteiger partial charge in [-0.05, 0) is 18.3 Å². The molecule has 0 aliphatic heterocycles. The van der Waals surface area contributed by atoms with Crippen LogP contribution in [0.15, 0.2) is 0 Å². The third kappa shape index (κ3) is 38.7. The van der Waals surface area contributed by atoms with Crippen LogP contribution in [-0.4, -0.2) is 23.4 Å². The van der Waals surface area contributed by atoms with Crippen molar-refractivity contribution in [3.63, 3.8) is 0 Å². The van der Waals surface area contributed by atoms with E-state index >= 15 is 0 Å². The van der Waals surface area contributed by atoms with Gasteiger partial charge in [0.05, 0.1) is 7.32 Å². The van der Waals surface area contributed by atoms with E-state index in [1.54, 1.807) is 0 Å². The Hall–Kier alpha value is 0.0383. The Morgan fingerprint density at radius 1 is 1.18 bits per heavy atom. The standard InChI is InChI=1S/C10H20O2.BHO3.Zn/c1-10(2,3)8-6-4-5-7-9(11)12;2-1(3)4;/h4-8H2,1-3H3,(H,11,12);2H;/q;-2;+2. The number of unbranched alkanes of at least 4 members (excludes halogenated alkanes) is 2. The molecule has 0 atom stereocenters. The third-order valence-electron chi connectivity index (χ3n) is 1.82. The average Bonchev–Trinajstić information content (AvgIpc) is 1.99. The molecule has 7 heteroatoms. The average molecular weight is 297 g/mol. The molecule has 0 heterocycles. The SMILES string of the molecule is CC(C)(C)CCCCCC(=O)O.[O-]B([O-])O.[Zn+2]. The van der Waals surface area contributed by atoms with Crippen LogP contribution in [0, 0.1) is 5.41 Å². The number of aliphatic carboxylic acids is 1. The first-order chi connectivity index (χ1) is 7.15. The van der Waals surface area contributed by atoms with Gasteiger partial charge < -0.3 is 20.2 Å². The molecule has 2 N–H and O–H groups in total. The minimum absolute atomic E-state index is 0. The molecular weight excluding hydrogens is 276 g/mol. The summed E-state index contributed by atoms with van der Waals surface area (Å²) in [4.78, 5) is 10.2. The molecule has 0 aromatic rings. The molecule has 0 aliphatic rings. The van der Waals surface area contributed by atoms with Crippen LogP contribution in [0.4, 0.5) is 0 Å². The van der Waals surface area contributed by atoms with Gasteiger partial charge in [-0.3, -0.25) is 4.79 Å². The molecule has 96 valence electrons. The van der Waals surface area contributed by atoms with E-state index in [2.05, 4.69) is 20.8 Å². The summed E-state index contributed by atoms with van der Waals surface area (Å²) in [6.07, 6.45) is 4.53. The predicted octanol–water partition coefficient (Wildman–Crippen LogP) is -0.251. The summed E-state index contributed by atoms with van der Waals surface area (Å²) in [5.41, 5.74) is 0.392. The minimum atomic E-state index is -2.67. The molecule has 0 fully saturated rings. The van der Waals surface area contributed by atoms with Gasteiger partial charge in [-0.2, -0.15) is 0 Å².